The molecular weight excluding hydrogens is 244 g/mol. The van der Waals surface area contributed by atoms with Gasteiger partial charge in [-0.25, -0.2) is 0 Å². The van der Waals surface area contributed by atoms with Crippen LogP contribution in [0.5, 0.6) is 0 Å². The Kier molecular flexibility index (Phi) is 9.21. The summed E-state index contributed by atoms with van der Waals surface area (Å²) in [6.07, 6.45) is 1.90. The minimum atomic E-state index is -0.306. The quantitative estimate of drug-likeness (QED) is 0.597. The maximum Gasteiger partial charge on any atom is 0.319 e. The maximum absolute atomic E-state index is 12.2. The topological polar surface area (TPSA) is 49.9 Å². The molecule has 0 aromatic heterocycles. The summed E-state index contributed by atoms with van der Waals surface area (Å²) in [5, 5.41) is 0. The van der Waals surface area contributed by atoms with Crippen molar-refractivity contribution in [1.82, 2.24) is 9.80 Å². The second kappa shape index (κ2) is 9.78. The minimum Gasteiger partial charge on any atom is -0.468 e. The number of hydrogen-bond acceptors (Lipinski definition) is 4. The van der Waals surface area contributed by atoms with Gasteiger partial charge in [-0.2, -0.15) is 0 Å². The Morgan fingerprint density at radius 2 is 1.58 bits per heavy atom. The highest BCUT2D eigenvalue weighted by Crippen LogP contribution is 2.02. The summed E-state index contributed by atoms with van der Waals surface area (Å²) in [4.78, 5) is 27.3. The number of rotatable bonds is 9. The fourth-order valence-corrected chi connectivity index (χ4v) is 1.83. The van der Waals surface area contributed by atoms with E-state index < -0.39 is 0 Å². The SMILES string of the molecule is CCCN(CCC)C(=O)CN(CC(=O)OC)C(C)C. The van der Waals surface area contributed by atoms with Crippen molar-refractivity contribution >= 4 is 11.9 Å². The highest BCUT2D eigenvalue weighted by molar-refractivity contribution is 5.79. The van der Waals surface area contributed by atoms with E-state index in [1.165, 1.54) is 7.11 Å². The van der Waals surface area contributed by atoms with Gasteiger partial charge in [0.15, 0.2) is 0 Å². The van der Waals surface area contributed by atoms with Crippen LogP contribution in [0.15, 0.2) is 0 Å². The van der Waals surface area contributed by atoms with Gasteiger partial charge in [-0.1, -0.05) is 13.8 Å². The van der Waals surface area contributed by atoms with Gasteiger partial charge in [-0.05, 0) is 26.7 Å². The molecule has 0 rings (SSSR count). The van der Waals surface area contributed by atoms with Crippen LogP contribution in [0.4, 0.5) is 0 Å². The van der Waals surface area contributed by atoms with Crippen LogP contribution < -0.4 is 0 Å². The molecular formula is C14H28N2O3. The van der Waals surface area contributed by atoms with Crippen molar-refractivity contribution in [2.45, 2.75) is 46.6 Å². The summed E-state index contributed by atoms with van der Waals surface area (Å²) < 4.78 is 4.66. The minimum absolute atomic E-state index is 0.0845. The molecule has 0 aromatic carbocycles. The van der Waals surface area contributed by atoms with Crippen LogP contribution in [0.1, 0.15) is 40.5 Å². The van der Waals surface area contributed by atoms with Crippen LogP contribution in [0.3, 0.4) is 0 Å². The molecule has 19 heavy (non-hydrogen) atoms. The molecule has 0 N–H and O–H groups in total. The molecule has 5 nitrogen and oxygen atoms in total. The van der Waals surface area contributed by atoms with Gasteiger partial charge >= 0.3 is 5.97 Å². The van der Waals surface area contributed by atoms with Crippen LogP contribution in [-0.2, 0) is 14.3 Å². The lowest BCUT2D eigenvalue weighted by molar-refractivity contribution is -0.143. The van der Waals surface area contributed by atoms with Gasteiger partial charge in [0.25, 0.3) is 0 Å². The van der Waals surface area contributed by atoms with E-state index in [4.69, 9.17) is 0 Å². The third-order valence-corrected chi connectivity index (χ3v) is 2.97. The summed E-state index contributed by atoms with van der Waals surface area (Å²) in [7, 11) is 1.36. The summed E-state index contributed by atoms with van der Waals surface area (Å²) in [5.41, 5.74) is 0. The van der Waals surface area contributed by atoms with Gasteiger partial charge in [-0.15, -0.1) is 0 Å². The lowest BCUT2D eigenvalue weighted by atomic mass is 10.3. The first-order valence-electron chi connectivity index (χ1n) is 7.04. The van der Waals surface area contributed by atoms with Gasteiger partial charge in [0.1, 0.15) is 0 Å². The van der Waals surface area contributed by atoms with Crippen molar-refractivity contribution in [3.63, 3.8) is 0 Å². The summed E-state index contributed by atoms with van der Waals surface area (Å²) in [5.74, 6) is -0.222. The molecule has 0 spiro atoms. The van der Waals surface area contributed by atoms with E-state index in [-0.39, 0.29) is 31.0 Å². The van der Waals surface area contributed by atoms with Crippen LogP contribution in [-0.4, -0.2) is 61.0 Å². The average molecular weight is 272 g/mol. The normalized spacial score (nSPS) is 10.9. The largest absolute Gasteiger partial charge is 0.468 e. The van der Waals surface area contributed by atoms with E-state index in [9.17, 15) is 9.59 Å². The van der Waals surface area contributed by atoms with Crippen LogP contribution in [0.25, 0.3) is 0 Å². The van der Waals surface area contributed by atoms with E-state index in [1.807, 2.05) is 23.6 Å². The summed E-state index contributed by atoms with van der Waals surface area (Å²) in [6, 6.07) is 0.133. The number of carbonyl (C=O) groups is 2. The predicted molar refractivity (Wildman–Crippen MR) is 75.9 cm³/mol. The number of amides is 1. The predicted octanol–water partition coefficient (Wildman–Crippen LogP) is 1.52. The zero-order valence-electron chi connectivity index (χ0n) is 12.9. The van der Waals surface area contributed by atoms with E-state index in [1.54, 1.807) is 0 Å². The number of hydrogen-bond donors (Lipinski definition) is 0. The third kappa shape index (κ3) is 7.15. The Bertz CT molecular complexity index is 274. The monoisotopic (exact) mass is 272 g/mol. The molecule has 0 radical (unpaired) electrons. The molecule has 0 aliphatic heterocycles. The van der Waals surface area contributed by atoms with Gasteiger partial charge in [0.2, 0.25) is 5.91 Å². The third-order valence-electron chi connectivity index (χ3n) is 2.97. The highest BCUT2D eigenvalue weighted by Gasteiger charge is 2.20. The summed E-state index contributed by atoms with van der Waals surface area (Å²) in [6.45, 7) is 10.0. The van der Waals surface area contributed by atoms with Crippen molar-refractivity contribution < 1.29 is 14.3 Å². The van der Waals surface area contributed by atoms with Crippen molar-refractivity contribution in [1.29, 1.82) is 0 Å². The van der Waals surface area contributed by atoms with Gasteiger partial charge in [0, 0.05) is 19.1 Å². The first kappa shape index (κ1) is 17.9. The Balaban J connectivity index is 4.54. The first-order chi connectivity index (χ1) is 8.96. The van der Waals surface area contributed by atoms with Gasteiger partial charge in [-0.3, -0.25) is 14.5 Å². The second-order valence-electron chi connectivity index (χ2n) is 4.96. The molecule has 0 atom stereocenters. The fourth-order valence-electron chi connectivity index (χ4n) is 1.83. The lowest BCUT2D eigenvalue weighted by Gasteiger charge is -2.28. The number of methoxy groups -OCH3 is 1. The van der Waals surface area contributed by atoms with Crippen LogP contribution in [0.2, 0.25) is 0 Å². The van der Waals surface area contributed by atoms with Gasteiger partial charge < -0.3 is 9.64 Å². The van der Waals surface area contributed by atoms with Gasteiger partial charge in [0.05, 0.1) is 20.2 Å². The Labute approximate surface area is 116 Å². The number of ether oxygens (including phenoxy) is 1. The van der Waals surface area contributed by atoms with E-state index >= 15 is 0 Å². The maximum atomic E-state index is 12.2. The second-order valence-corrected chi connectivity index (χ2v) is 4.96. The van der Waals surface area contributed by atoms with Crippen molar-refractivity contribution in [3.8, 4) is 0 Å². The number of nitrogens with zero attached hydrogens (tertiary/aromatic N) is 2. The molecule has 0 unspecified atom stereocenters. The Hall–Kier alpha value is -1.10. The molecule has 5 heteroatoms. The molecule has 0 heterocycles. The molecule has 1 amide bonds. The highest BCUT2D eigenvalue weighted by atomic mass is 16.5. The smallest absolute Gasteiger partial charge is 0.319 e. The molecule has 0 aromatic rings. The zero-order valence-corrected chi connectivity index (χ0v) is 12.9. The van der Waals surface area contributed by atoms with Crippen LogP contribution >= 0.6 is 0 Å². The van der Waals surface area contributed by atoms with Crippen molar-refractivity contribution in [2.24, 2.45) is 0 Å². The number of esters is 1. The molecule has 0 saturated heterocycles. The van der Waals surface area contributed by atoms with E-state index in [2.05, 4.69) is 18.6 Å². The standard InChI is InChI=1S/C14H28N2O3/c1-6-8-15(9-7-2)13(17)10-16(12(3)4)11-14(18)19-5/h12H,6-11H2,1-5H3. The van der Waals surface area contributed by atoms with E-state index in [0.29, 0.717) is 0 Å². The number of carbonyl (C=O) groups excluding carboxylic acids is 2. The molecule has 0 aliphatic carbocycles. The zero-order chi connectivity index (χ0) is 14.8. The molecule has 112 valence electrons. The van der Waals surface area contributed by atoms with Crippen molar-refractivity contribution in [3.05, 3.63) is 0 Å². The lowest BCUT2D eigenvalue weighted by Crippen LogP contribution is -2.45. The van der Waals surface area contributed by atoms with Crippen molar-refractivity contribution in [2.75, 3.05) is 33.3 Å². The molecule has 0 bridgehead atoms. The first-order valence-corrected chi connectivity index (χ1v) is 7.04. The Morgan fingerprint density at radius 1 is 1.05 bits per heavy atom. The molecule has 0 fully saturated rings. The molecule has 0 saturated carbocycles. The fraction of sp³-hybridized carbons (Fsp3) is 0.857. The average Bonchev–Trinajstić information content (AvgIpc) is 2.37. The molecule has 0 aliphatic rings. The summed E-state index contributed by atoms with van der Waals surface area (Å²) >= 11 is 0. The Morgan fingerprint density at radius 3 is 1.95 bits per heavy atom. The van der Waals surface area contributed by atoms with Crippen LogP contribution in [0, 0.1) is 0 Å². The van der Waals surface area contributed by atoms with E-state index in [0.717, 1.165) is 25.9 Å².